The Balaban J connectivity index is 2.36. The summed E-state index contributed by atoms with van der Waals surface area (Å²) in [6.45, 7) is 4.42. The average Bonchev–Trinajstić information content (AvgIpc) is 2.61. The topological polar surface area (TPSA) is 20.2 Å². The van der Waals surface area contributed by atoms with Gasteiger partial charge in [0.25, 0.3) is 0 Å². The monoisotopic (exact) mass is 288 g/mol. The molecule has 0 radical (unpaired) electrons. The molecule has 3 atom stereocenters. The van der Waals surface area contributed by atoms with Gasteiger partial charge >= 0.3 is 0 Å². The van der Waals surface area contributed by atoms with Gasteiger partial charge < -0.3 is 5.11 Å². The highest BCUT2D eigenvalue weighted by atomic mass is 79.9. The molecule has 1 fully saturated rings. The van der Waals surface area contributed by atoms with Crippen molar-refractivity contribution in [3.05, 3.63) is 20.8 Å². The molecule has 1 aromatic rings. The maximum absolute atomic E-state index is 10.8. The summed E-state index contributed by atoms with van der Waals surface area (Å²) in [6, 6.07) is 2.03. The van der Waals surface area contributed by atoms with Crippen molar-refractivity contribution in [2.75, 3.05) is 0 Å². The molecular formula is C12H17BrOS. The lowest BCUT2D eigenvalue weighted by molar-refractivity contribution is -0.0664. The Bertz CT molecular complexity index is 349. The molecule has 3 heteroatoms. The summed E-state index contributed by atoms with van der Waals surface area (Å²) in [5, 5.41) is 12.9. The number of rotatable bonds is 1. The first-order chi connectivity index (χ1) is 7.05. The van der Waals surface area contributed by atoms with Gasteiger partial charge in [-0.2, -0.15) is 0 Å². The van der Waals surface area contributed by atoms with Crippen molar-refractivity contribution >= 4 is 27.3 Å². The maximum atomic E-state index is 10.8. The van der Waals surface area contributed by atoms with E-state index in [0.29, 0.717) is 11.8 Å². The Morgan fingerprint density at radius 1 is 1.53 bits per heavy atom. The van der Waals surface area contributed by atoms with Crippen molar-refractivity contribution in [3.8, 4) is 0 Å². The molecule has 1 saturated carbocycles. The van der Waals surface area contributed by atoms with Gasteiger partial charge in [0.2, 0.25) is 0 Å². The van der Waals surface area contributed by atoms with Gasteiger partial charge in [0, 0.05) is 4.47 Å². The van der Waals surface area contributed by atoms with E-state index in [4.69, 9.17) is 0 Å². The lowest BCUT2D eigenvalue weighted by Crippen LogP contribution is -2.40. The van der Waals surface area contributed by atoms with Gasteiger partial charge in [-0.05, 0) is 52.1 Å². The van der Waals surface area contributed by atoms with E-state index >= 15 is 0 Å². The zero-order valence-electron chi connectivity index (χ0n) is 9.16. The van der Waals surface area contributed by atoms with Crippen LogP contribution in [-0.4, -0.2) is 5.11 Å². The van der Waals surface area contributed by atoms with Crippen molar-refractivity contribution in [2.45, 2.75) is 38.7 Å². The molecule has 0 amide bonds. The molecule has 0 spiro atoms. The van der Waals surface area contributed by atoms with Crippen LogP contribution in [0.2, 0.25) is 0 Å². The molecule has 84 valence electrons. The molecule has 1 aliphatic carbocycles. The molecule has 0 bridgehead atoms. The van der Waals surface area contributed by atoms with Crippen LogP contribution in [0.5, 0.6) is 0 Å². The summed E-state index contributed by atoms with van der Waals surface area (Å²) < 4.78 is 1.07. The van der Waals surface area contributed by atoms with Gasteiger partial charge in [-0.1, -0.05) is 20.3 Å². The second-order valence-corrected chi connectivity index (χ2v) is 6.45. The van der Waals surface area contributed by atoms with E-state index in [1.54, 1.807) is 11.3 Å². The number of aliphatic hydroxyl groups is 1. The van der Waals surface area contributed by atoms with E-state index in [0.717, 1.165) is 22.2 Å². The second kappa shape index (κ2) is 4.19. The number of hydrogen-bond acceptors (Lipinski definition) is 2. The SMILES string of the molecule is CC1CCCC(O)(c2sccc2Br)C1C. The van der Waals surface area contributed by atoms with Crippen LogP contribution in [0.4, 0.5) is 0 Å². The minimum atomic E-state index is -0.606. The summed E-state index contributed by atoms with van der Waals surface area (Å²) in [5.41, 5.74) is -0.606. The minimum Gasteiger partial charge on any atom is -0.384 e. The number of halogens is 1. The molecule has 0 aliphatic heterocycles. The molecule has 1 heterocycles. The molecule has 15 heavy (non-hydrogen) atoms. The van der Waals surface area contributed by atoms with Crippen LogP contribution >= 0.6 is 27.3 Å². The van der Waals surface area contributed by atoms with Crippen molar-refractivity contribution in [1.29, 1.82) is 0 Å². The third-order valence-electron chi connectivity index (χ3n) is 3.83. The minimum absolute atomic E-state index is 0.348. The fourth-order valence-electron chi connectivity index (χ4n) is 2.56. The molecule has 3 unspecified atom stereocenters. The van der Waals surface area contributed by atoms with Crippen molar-refractivity contribution in [3.63, 3.8) is 0 Å². The third-order valence-corrected chi connectivity index (χ3v) is 5.84. The Morgan fingerprint density at radius 3 is 2.87 bits per heavy atom. The van der Waals surface area contributed by atoms with Crippen LogP contribution in [0, 0.1) is 11.8 Å². The van der Waals surface area contributed by atoms with E-state index in [1.807, 2.05) is 11.4 Å². The molecular weight excluding hydrogens is 272 g/mol. The van der Waals surface area contributed by atoms with E-state index < -0.39 is 5.60 Å². The lowest BCUT2D eigenvalue weighted by Gasteiger charge is -2.41. The molecule has 0 saturated heterocycles. The predicted octanol–water partition coefficient (Wildman–Crippen LogP) is 4.15. The van der Waals surface area contributed by atoms with E-state index in [-0.39, 0.29) is 0 Å². The van der Waals surface area contributed by atoms with E-state index in [2.05, 4.69) is 29.8 Å². The Morgan fingerprint density at radius 2 is 2.27 bits per heavy atom. The zero-order chi connectivity index (χ0) is 11.1. The highest BCUT2D eigenvalue weighted by Crippen LogP contribution is 2.48. The van der Waals surface area contributed by atoms with Gasteiger partial charge in [0.1, 0.15) is 5.60 Å². The summed E-state index contributed by atoms with van der Waals surface area (Å²) >= 11 is 5.20. The highest BCUT2D eigenvalue weighted by Gasteiger charge is 2.42. The summed E-state index contributed by atoms with van der Waals surface area (Å²) in [7, 11) is 0. The van der Waals surface area contributed by atoms with E-state index in [1.165, 1.54) is 6.42 Å². The molecule has 1 aromatic heterocycles. The Labute approximate surface area is 104 Å². The first kappa shape index (κ1) is 11.6. The second-order valence-electron chi connectivity index (χ2n) is 4.68. The quantitative estimate of drug-likeness (QED) is 0.823. The van der Waals surface area contributed by atoms with Crippen molar-refractivity contribution in [2.24, 2.45) is 11.8 Å². The van der Waals surface area contributed by atoms with Crippen LogP contribution < -0.4 is 0 Å². The average molecular weight is 289 g/mol. The maximum Gasteiger partial charge on any atom is 0.103 e. The molecule has 1 nitrogen and oxygen atoms in total. The largest absolute Gasteiger partial charge is 0.384 e. The zero-order valence-corrected chi connectivity index (χ0v) is 11.6. The standard InChI is InChI=1S/C12H17BrOS/c1-8-4-3-6-12(14,9(8)2)11-10(13)5-7-15-11/h5,7-9,14H,3-4,6H2,1-2H3. The summed E-state index contributed by atoms with van der Waals surface area (Å²) in [6.07, 6.45) is 3.27. The van der Waals surface area contributed by atoms with E-state index in [9.17, 15) is 5.11 Å². The summed E-state index contributed by atoms with van der Waals surface area (Å²) in [4.78, 5) is 1.11. The van der Waals surface area contributed by atoms with Crippen LogP contribution in [0.25, 0.3) is 0 Å². The fraction of sp³-hybridized carbons (Fsp3) is 0.667. The number of hydrogen-bond donors (Lipinski definition) is 1. The molecule has 1 N–H and O–H groups in total. The van der Waals surface area contributed by atoms with Gasteiger partial charge in [0.15, 0.2) is 0 Å². The van der Waals surface area contributed by atoms with Gasteiger partial charge in [0.05, 0.1) is 4.88 Å². The molecule has 0 aromatic carbocycles. The number of thiophene rings is 1. The highest BCUT2D eigenvalue weighted by molar-refractivity contribution is 9.10. The lowest BCUT2D eigenvalue weighted by atomic mass is 9.70. The van der Waals surface area contributed by atoms with Crippen LogP contribution in [-0.2, 0) is 5.60 Å². The van der Waals surface area contributed by atoms with Crippen LogP contribution in [0.1, 0.15) is 38.0 Å². The first-order valence-corrected chi connectivity index (χ1v) is 7.19. The van der Waals surface area contributed by atoms with Crippen LogP contribution in [0.15, 0.2) is 15.9 Å². The van der Waals surface area contributed by atoms with Crippen LogP contribution in [0.3, 0.4) is 0 Å². The predicted molar refractivity (Wildman–Crippen MR) is 68.1 cm³/mol. The van der Waals surface area contributed by atoms with Gasteiger partial charge in [-0.3, -0.25) is 0 Å². The smallest absolute Gasteiger partial charge is 0.103 e. The fourth-order valence-corrected chi connectivity index (χ4v) is 4.51. The van der Waals surface area contributed by atoms with Crippen molar-refractivity contribution in [1.82, 2.24) is 0 Å². The normalized spacial score (nSPS) is 36.8. The molecule has 2 rings (SSSR count). The first-order valence-electron chi connectivity index (χ1n) is 5.51. The van der Waals surface area contributed by atoms with Gasteiger partial charge in [-0.25, -0.2) is 0 Å². The summed E-state index contributed by atoms with van der Waals surface area (Å²) in [5.74, 6) is 0.957. The third kappa shape index (κ3) is 1.90. The Kier molecular flexibility index (Phi) is 3.25. The molecule has 1 aliphatic rings. The Hall–Kier alpha value is 0.140. The van der Waals surface area contributed by atoms with Gasteiger partial charge in [-0.15, -0.1) is 11.3 Å². The van der Waals surface area contributed by atoms with Crippen molar-refractivity contribution < 1.29 is 5.11 Å².